The number of aromatic nitrogens is 2. The third-order valence-electron chi connectivity index (χ3n) is 4.59. The molecular weight excluding hydrogens is 398 g/mol. The number of pyridine rings is 1. The monoisotopic (exact) mass is 417 g/mol. The second-order valence-corrected chi connectivity index (χ2v) is 7.53. The lowest BCUT2D eigenvalue weighted by molar-refractivity contribution is 0.102. The first-order valence-corrected chi connectivity index (χ1v) is 10.1. The van der Waals surface area contributed by atoms with E-state index in [2.05, 4.69) is 15.3 Å². The third-order valence-corrected chi connectivity index (χ3v) is 5.35. The molecule has 2 aromatic carbocycles. The molecule has 0 aliphatic carbocycles. The maximum atomic E-state index is 12.6. The SMILES string of the molecule is COc1ccc(C)cc1-c1csc(NC(=O)c2ccc(-c3ccccc3)[nH]c2=O)n1. The van der Waals surface area contributed by atoms with E-state index in [0.717, 1.165) is 16.7 Å². The number of thiazole rings is 1. The zero-order valence-corrected chi connectivity index (χ0v) is 17.2. The second-order valence-electron chi connectivity index (χ2n) is 6.68. The van der Waals surface area contributed by atoms with Gasteiger partial charge in [-0.25, -0.2) is 4.98 Å². The Morgan fingerprint density at radius 3 is 2.63 bits per heavy atom. The van der Waals surface area contributed by atoms with Gasteiger partial charge in [0.2, 0.25) is 0 Å². The van der Waals surface area contributed by atoms with Gasteiger partial charge in [-0.05, 0) is 36.8 Å². The van der Waals surface area contributed by atoms with Crippen LogP contribution in [0, 0.1) is 6.92 Å². The molecular formula is C23H19N3O3S. The van der Waals surface area contributed by atoms with E-state index in [1.165, 1.54) is 17.4 Å². The molecule has 0 radical (unpaired) electrons. The smallest absolute Gasteiger partial charge is 0.263 e. The topological polar surface area (TPSA) is 84.1 Å². The molecule has 0 fully saturated rings. The number of nitrogens with zero attached hydrogens (tertiary/aromatic N) is 1. The van der Waals surface area contributed by atoms with Crippen LogP contribution in [-0.2, 0) is 0 Å². The second kappa shape index (κ2) is 8.34. The van der Waals surface area contributed by atoms with Crippen molar-refractivity contribution in [3.63, 3.8) is 0 Å². The lowest BCUT2D eigenvalue weighted by Gasteiger charge is -2.07. The molecule has 0 atom stereocenters. The number of rotatable bonds is 5. The molecule has 0 unspecified atom stereocenters. The minimum atomic E-state index is -0.507. The number of carbonyl (C=O) groups is 1. The molecule has 2 heterocycles. The number of aryl methyl sites for hydroxylation is 1. The van der Waals surface area contributed by atoms with Crippen molar-refractivity contribution >= 4 is 22.4 Å². The van der Waals surface area contributed by atoms with Crippen LogP contribution < -0.4 is 15.6 Å². The fraction of sp³-hybridized carbons (Fsp3) is 0.0870. The van der Waals surface area contributed by atoms with Gasteiger partial charge < -0.3 is 9.72 Å². The van der Waals surface area contributed by atoms with E-state index in [4.69, 9.17) is 4.74 Å². The summed E-state index contributed by atoms with van der Waals surface area (Å²) in [6.45, 7) is 1.99. The maximum Gasteiger partial charge on any atom is 0.263 e. The highest BCUT2D eigenvalue weighted by molar-refractivity contribution is 7.14. The molecule has 2 N–H and O–H groups in total. The van der Waals surface area contributed by atoms with E-state index in [-0.39, 0.29) is 5.56 Å². The van der Waals surface area contributed by atoms with Crippen molar-refractivity contribution in [1.82, 2.24) is 9.97 Å². The Kier molecular flexibility index (Phi) is 5.45. The van der Waals surface area contributed by atoms with Crippen molar-refractivity contribution in [2.75, 3.05) is 12.4 Å². The van der Waals surface area contributed by atoms with Crippen LogP contribution in [-0.4, -0.2) is 23.0 Å². The van der Waals surface area contributed by atoms with Gasteiger partial charge in [-0.2, -0.15) is 0 Å². The van der Waals surface area contributed by atoms with Gasteiger partial charge in [0, 0.05) is 16.6 Å². The molecule has 4 aromatic rings. The zero-order valence-electron chi connectivity index (χ0n) is 16.4. The Bertz CT molecular complexity index is 1260. The minimum Gasteiger partial charge on any atom is -0.496 e. The highest BCUT2D eigenvalue weighted by Crippen LogP contribution is 2.33. The average molecular weight is 417 g/mol. The normalized spacial score (nSPS) is 10.6. The maximum absolute atomic E-state index is 12.6. The van der Waals surface area contributed by atoms with Gasteiger partial charge in [0.05, 0.1) is 12.8 Å². The zero-order chi connectivity index (χ0) is 21.1. The van der Waals surface area contributed by atoms with E-state index < -0.39 is 11.5 Å². The standard InChI is InChI=1S/C23H19N3O3S/c1-14-8-11-20(29-2)17(12-14)19-13-30-23(25-19)26-22(28)16-9-10-18(24-21(16)27)15-6-4-3-5-7-15/h3-13H,1-2H3,(H,24,27)(H,25,26,28). The highest BCUT2D eigenvalue weighted by Gasteiger charge is 2.15. The van der Waals surface area contributed by atoms with Crippen molar-refractivity contribution in [3.05, 3.63) is 87.5 Å². The largest absolute Gasteiger partial charge is 0.496 e. The molecule has 0 bridgehead atoms. The number of H-pyrrole nitrogens is 1. The van der Waals surface area contributed by atoms with Gasteiger partial charge in [-0.3, -0.25) is 14.9 Å². The van der Waals surface area contributed by atoms with E-state index in [9.17, 15) is 9.59 Å². The minimum absolute atomic E-state index is 0.0274. The van der Waals surface area contributed by atoms with E-state index in [0.29, 0.717) is 22.3 Å². The quantitative estimate of drug-likeness (QED) is 0.491. The predicted octanol–water partition coefficient (Wildman–Crippen LogP) is 4.73. The number of hydrogen-bond donors (Lipinski definition) is 2. The number of ether oxygens (including phenoxy) is 1. The Balaban J connectivity index is 1.56. The Labute approximate surface area is 177 Å². The summed E-state index contributed by atoms with van der Waals surface area (Å²) in [5, 5.41) is 4.96. The van der Waals surface area contributed by atoms with Gasteiger partial charge in [-0.15, -0.1) is 11.3 Å². The summed E-state index contributed by atoms with van der Waals surface area (Å²) >= 11 is 1.29. The van der Waals surface area contributed by atoms with Crippen LogP contribution in [0.1, 0.15) is 15.9 Å². The Morgan fingerprint density at radius 1 is 1.10 bits per heavy atom. The van der Waals surface area contributed by atoms with Crippen LogP contribution >= 0.6 is 11.3 Å². The number of carbonyl (C=O) groups excluding carboxylic acids is 1. The number of amides is 1. The number of benzene rings is 2. The van der Waals surface area contributed by atoms with E-state index in [1.54, 1.807) is 13.2 Å². The lowest BCUT2D eigenvalue weighted by atomic mass is 10.1. The lowest BCUT2D eigenvalue weighted by Crippen LogP contribution is -2.23. The molecule has 0 saturated heterocycles. The molecule has 30 heavy (non-hydrogen) atoms. The number of anilines is 1. The first-order chi connectivity index (χ1) is 14.5. The van der Waals surface area contributed by atoms with Crippen molar-refractivity contribution in [2.45, 2.75) is 6.92 Å². The molecule has 0 spiro atoms. The van der Waals surface area contributed by atoms with Crippen molar-refractivity contribution in [3.8, 4) is 28.3 Å². The summed E-state index contributed by atoms with van der Waals surface area (Å²) in [4.78, 5) is 32.3. The van der Waals surface area contributed by atoms with Gasteiger partial charge in [0.25, 0.3) is 11.5 Å². The van der Waals surface area contributed by atoms with Crippen LogP contribution in [0.25, 0.3) is 22.5 Å². The van der Waals surface area contributed by atoms with Gasteiger partial charge >= 0.3 is 0 Å². The Morgan fingerprint density at radius 2 is 1.90 bits per heavy atom. The van der Waals surface area contributed by atoms with Crippen LogP contribution in [0.5, 0.6) is 5.75 Å². The molecule has 6 nitrogen and oxygen atoms in total. The van der Waals surface area contributed by atoms with E-state index in [1.807, 2.05) is 60.8 Å². The molecule has 0 saturated carbocycles. The van der Waals surface area contributed by atoms with Gasteiger partial charge in [0.15, 0.2) is 5.13 Å². The average Bonchev–Trinajstić information content (AvgIpc) is 3.22. The number of aromatic amines is 1. The summed E-state index contributed by atoms with van der Waals surface area (Å²) in [5.74, 6) is 0.199. The van der Waals surface area contributed by atoms with Crippen LogP contribution in [0.15, 0.2) is 70.8 Å². The predicted molar refractivity (Wildman–Crippen MR) is 119 cm³/mol. The fourth-order valence-corrected chi connectivity index (χ4v) is 3.79. The summed E-state index contributed by atoms with van der Waals surface area (Å²) in [5.41, 5.74) is 3.72. The molecule has 2 aromatic heterocycles. The van der Waals surface area contributed by atoms with Crippen molar-refractivity contribution in [1.29, 1.82) is 0 Å². The first-order valence-electron chi connectivity index (χ1n) is 9.26. The molecule has 1 amide bonds. The number of hydrogen-bond acceptors (Lipinski definition) is 5. The van der Waals surface area contributed by atoms with Crippen LogP contribution in [0.4, 0.5) is 5.13 Å². The fourth-order valence-electron chi connectivity index (χ4n) is 3.08. The highest BCUT2D eigenvalue weighted by atomic mass is 32.1. The van der Waals surface area contributed by atoms with Crippen LogP contribution in [0.2, 0.25) is 0 Å². The first kappa shape index (κ1) is 19.6. The molecule has 4 rings (SSSR count). The van der Waals surface area contributed by atoms with Crippen molar-refractivity contribution < 1.29 is 9.53 Å². The van der Waals surface area contributed by atoms with Gasteiger partial charge in [0.1, 0.15) is 11.3 Å². The molecule has 0 aliphatic heterocycles. The Hall–Kier alpha value is -3.71. The number of methoxy groups -OCH3 is 1. The summed E-state index contributed by atoms with van der Waals surface area (Å²) in [7, 11) is 1.61. The summed E-state index contributed by atoms with van der Waals surface area (Å²) in [6.07, 6.45) is 0. The van der Waals surface area contributed by atoms with E-state index >= 15 is 0 Å². The third kappa shape index (κ3) is 4.01. The van der Waals surface area contributed by atoms with Crippen LogP contribution in [0.3, 0.4) is 0 Å². The van der Waals surface area contributed by atoms with Crippen molar-refractivity contribution in [2.24, 2.45) is 0 Å². The molecule has 0 aliphatic rings. The van der Waals surface area contributed by atoms with Gasteiger partial charge in [-0.1, -0.05) is 42.0 Å². The molecule has 7 heteroatoms. The molecule has 150 valence electrons. The summed E-state index contributed by atoms with van der Waals surface area (Å²) in [6, 6.07) is 18.5. The number of nitrogens with one attached hydrogen (secondary N) is 2. The summed E-state index contributed by atoms with van der Waals surface area (Å²) < 4.78 is 5.41.